The van der Waals surface area contributed by atoms with E-state index in [2.05, 4.69) is 5.32 Å². The predicted octanol–water partition coefficient (Wildman–Crippen LogP) is 10.4. The largest absolute Gasteiger partial charge is 0.443 e. The number of carbonyl (C=O) groups is 4. The average Bonchev–Trinajstić information content (AvgIpc) is 3.51. The fraction of sp³-hybridized carbons (Fsp3) is 0.353. The van der Waals surface area contributed by atoms with Gasteiger partial charge in [0, 0.05) is 33.6 Å². The van der Waals surface area contributed by atoms with Crippen molar-refractivity contribution in [3.8, 4) is 0 Å². The van der Waals surface area contributed by atoms with E-state index in [0.717, 1.165) is 6.07 Å². The van der Waals surface area contributed by atoms with E-state index in [1.54, 1.807) is 59.7 Å². The van der Waals surface area contributed by atoms with E-state index < -0.39 is 62.8 Å². The number of ketones is 1. The van der Waals surface area contributed by atoms with Crippen LogP contribution < -0.4 is 10.2 Å². The van der Waals surface area contributed by atoms with Crippen LogP contribution in [0.1, 0.15) is 68.9 Å². The van der Waals surface area contributed by atoms with Gasteiger partial charge in [0.05, 0.1) is 16.6 Å². The zero-order valence-corrected chi connectivity index (χ0v) is 30.5. The van der Waals surface area contributed by atoms with E-state index in [4.69, 9.17) is 67.5 Å². The molecule has 4 rings (SSSR count). The Morgan fingerprint density at radius 2 is 1.40 bits per heavy atom. The van der Waals surface area contributed by atoms with Crippen molar-refractivity contribution in [2.75, 3.05) is 10.2 Å². The monoisotopic (exact) mass is 758 g/mol. The molecule has 3 aromatic rings. The molecule has 2 unspecified atom stereocenters. The van der Waals surface area contributed by atoms with Crippen LogP contribution in [0.5, 0.6) is 0 Å². The van der Waals surface area contributed by atoms with Gasteiger partial charge < -0.3 is 14.8 Å². The van der Waals surface area contributed by atoms with E-state index >= 15 is 4.39 Å². The lowest BCUT2D eigenvalue weighted by Crippen LogP contribution is -2.44. The van der Waals surface area contributed by atoms with Crippen molar-refractivity contribution in [3.63, 3.8) is 0 Å². The molecule has 0 spiro atoms. The number of carbonyl (C=O) groups excluding carboxylic acids is 4. The first kappa shape index (κ1) is 37.7. The van der Waals surface area contributed by atoms with Crippen molar-refractivity contribution in [1.29, 1.82) is 0 Å². The summed E-state index contributed by atoms with van der Waals surface area (Å²) in [5.74, 6) is -3.37. The van der Waals surface area contributed by atoms with Gasteiger partial charge in [-0.1, -0.05) is 40.9 Å². The van der Waals surface area contributed by atoms with Crippen LogP contribution in [0, 0.1) is 11.7 Å². The summed E-state index contributed by atoms with van der Waals surface area (Å²) in [6.07, 6.45) is -2.65. The van der Waals surface area contributed by atoms with Crippen LogP contribution in [0.2, 0.25) is 15.1 Å². The summed E-state index contributed by atoms with van der Waals surface area (Å²) in [5.41, 5.74) is -1.37. The zero-order chi connectivity index (χ0) is 35.9. The van der Waals surface area contributed by atoms with Gasteiger partial charge in [0.2, 0.25) is 5.91 Å². The molecule has 2 atom stereocenters. The van der Waals surface area contributed by atoms with Crippen LogP contribution >= 0.6 is 58.0 Å². The number of hydrogen-bond donors (Lipinski definition) is 1. The number of nitrogens with one attached hydrogen (secondary N) is 1. The summed E-state index contributed by atoms with van der Waals surface area (Å²) < 4.78 is 24.4. The van der Waals surface area contributed by atoms with Crippen molar-refractivity contribution in [3.05, 3.63) is 92.2 Å². The lowest BCUT2D eigenvalue weighted by molar-refractivity contribution is -0.117. The minimum atomic E-state index is -1.42. The van der Waals surface area contributed by atoms with Gasteiger partial charge >= 0.3 is 12.2 Å². The number of alkyl halides is 2. The number of halogens is 6. The first-order valence-corrected chi connectivity index (χ1v) is 16.5. The molecule has 0 aromatic heterocycles. The van der Waals surface area contributed by atoms with Gasteiger partial charge in [0.15, 0.2) is 5.78 Å². The molecule has 3 amide bonds. The number of benzene rings is 3. The van der Waals surface area contributed by atoms with E-state index in [1.807, 2.05) is 0 Å². The number of hydrogen-bond acceptors (Lipinski definition) is 6. The normalized spacial score (nSPS) is 16.9. The second kappa shape index (κ2) is 14.0. The SMILES string of the molecule is CC(C)(C)OC(=O)N(C(=O)OC(C)(C)C)c1cc(CC(=O)c2cc(NC(=O)C3C(c4cc(Cl)cc(Cl)c4)C3(Cl)Cl)ccc2Cl)ccc1F. The van der Waals surface area contributed by atoms with Crippen molar-refractivity contribution >= 4 is 93.3 Å². The Hall–Kier alpha value is -3.08. The first-order valence-electron chi connectivity index (χ1n) is 14.6. The predicted molar refractivity (Wildman–Crippen MR) is 187 cm³/mol. The number of rotatable bonds is 7. The topological polar surface area (TPSA) is 102 Å². The molecule has 48 heavy (non-hydrogen) atoms. The molecular weight excluding hydrogens is 729 g/mol. The highest BCUT2D eigenvalue weighted by Gasteiger charge is 2.67. The van der Waals surface area contributed by atoms with Crippen LogP contribution in [-0.4, -0.2) is 39.4 Å². The molecule has 3 aromatic carbocycles. The fourth-order valence-corrected chi connectivity index (χ4v) is 6.46. The van der Waals surface area contributed by atoms with Gasteiger partial charge in [0.25, 0.3) is 0 Å². The van der Waals surface area contributed by atoms with Gasteiger partial charge in [-0.15, -0.1) is 23.2 Å². The third-order valence-electron chi connectivity index (χ3n) is 6.88. The quantitative estimate of drug-likeness (QED) is 0.190. The van der Waals surface area contributed by atoms with Crippen molar-refractivity contribution in [1.82, 2.24) is 0 Å². The molecule has 0 saturated heterocycles. The molecule has 256 valence electrons. The van der Waals surface area contributed by atoms with E-state index in [1.165, 1.54) is 30.3 Å². The van der Waals surface area contributed by atoms with Crippen molar-refractivity contribution in [2.45, 2.75) is 69.4 Å². The number of Topliss-reactive ketones (excluding diaryl/α,β-unsaturated/α-hetero) is 1. The van der Waals surface area contributed by atoms with Gasteiger partial charge in [-0.3, -0.25) is 9.59 Å². The van der Waals surface area contributed by atoms with Crippen LogP contribution in [-0.2, 0) is 20.7 Å². The summed E-state index contributed by atoms with van der Waals surface area (Å²) in [6, 6.07) is 12.7. The molecule has 1 fully saturated rings. The lowest BCUT2D eigenvalue weighted by Gasteiger charge is -2.29. The van der Waals surface area contributed by atoms with Crippen LogP contribution in [0.3, 0.4) is 0 Å². The molecule has 0 radical (unpaired) electrons. The maximum absolute atomic E-state index is 15.2. The van der Waals surface area contributed by atoms with E-state index in [9.17, 15) is 19.2 Å². The Kier molecular flexibility index (Phi) is 11.0. The summed E-state index contributed by atoms with van der Waals surface area (Å²) >= 11 is 31.6. The molecule has 14 heteroatoms. The minimum Gasteiger partial charge on any atom is -0.443 e. The molecule has 1 N–H and O–H groups in total. The number of anilines is 2. The highest BCUT2D eigenvalue weighted by molar-refractivity contribution is 6.53. The van der Waals surface area contributed by atoms with Crippen LogP contribution in [0.25, 0.3) is 0 Å². The Balaban J connectivity index is 1.56. The summed E-state index contributed by atoms with van der Waals surface area (Å²) in [6.45, 7) is 9.52. The molecule has 0 aliphatic heterocycles. The Bertz CT molecular complexity index is 1740. The minimum absolute atomic E-state index is 0.0495. The van der Waals surface area contributed by atoms with E-state index in [0.29, 0.717) is 20.5 Å². The van der Waals surface area contributed by atoms with Crippen LogP contribution in [0.15, 0.2) is 54.6 Å². The van der Waals surface area contributed by atoms with Crippen molar-refractivity contribution in [2.24, 2.45) is 5.92 Å². The van der Waals surface area contributed by atoms with Gasteiger partial charge in [-0.05, 0) is 101 Å². The molecular formula is C34H32Cl5FN2O6. The first-order chi connectivity index (χ1) is 22.1. The molecule has 1 saturated carbocycles. The number of imide groups is 1. The summed E-state index contributed by atoms with van der Waals surface area (Å²) in [4.78, 5) is 53.3. The standard InChI is InChI=1S/C34H32Cl5FN2O6/c1-32(2,3)47-30(45)42(31(46)48-33(4,5)6)25-11-17(7-10-24(25)40)12-26(43)22-16-21(8-9-23(22)37)41-29(44)28-27(34(28,38)39)18-13-19(35)15-20(36)14-18/h7-11,13-16,27-28H,12H2,1-6H3,(H,41,44). The molecule has 1 aliphatic rings. The molecule has 0 heterocycles. The molecule has 0 bridgehead atoms. The molecule has 1 aliphatic carbocycles. The summed E-state index contributed by atoms with van der Waals surface area (Å²) in [5, 5.41) is 3.54. The number of amides is 3. The third kappa shape index (κ3) is 9.12. The smallest absolute Gasteiger partial charge is 0.424 e. The Morgan fingerprint density at radius 1 is 0.833 bits per heavy atom. The van der Waals surface area contributed by atoms with Crippen LogP contribution in [0.4, 0.5) is 25.4 Å². The maximum atomic E-state index is 15.2. The zero-order valence-electron chi connectivity index (χ0n) is 26.7. The van der Waals surface area contributed by atoms with Crippen molar-refractivity contribution < 1.29 is 33.0 Å². The average molecular weight is 761 g/mol. The third-order valence-corrected chi connectivity index (χ3v) is 8.59. The highest BCUT2D eigenvalue weighted by Crippen LogP contribution is 2.65. The maximum Gasteiger partial charge on any atom is 0.424 e. The lowest BCUT2D eigenvalue weighted by atomic mass is 10.0. The number of ether oxygens (including phenoxy) is 2. The number of nitrogens with zero attached hydrogens (tertiary/aromatic N) is 1. The van der Waals surface area contributed by atoms with Gasteiger partial charge in [-0.2, -0.15) is 4.90 Å². The second-order valence-electron chi connectivity index (χ2n) is 13.2. The highest BCUT2D eigenvalue weighted by atomic mass is 35.5. The Labute approximate surface area is 302 Å². The Morgan fingerprint density at radius 3 is 1.94 bits per heavy atom. The van der Waals surface area contributed by atoms with Gasteiger partial charge in [-0.25, -0.2) is 14.0 Å². The fourth-order valence-electron chi connectivity index (χ4n) is 4.87. The summed E-state index contributed by atoms with van der Waals surface area (Å²) in [7, 11) is 0. The molecule has 8 nitrogen and oxygen atoms in total. The second-order valence-corrected chi connectivity index (χ2v) is 15.9. The van der Waals surface area contributed by atoms with E-state index in [-0.39, 0.29) is 28.3 Å². The van der Waals surface area contributed by atoms with Gasteiger partial charge in [0.1, 0.15) is 21.4 Å².